The van der Waals surface area contributed by atoms with Gasteiger partial charge in [0, 0.05) is 24.1 Å². The van der Waals surface area contributed by atoms with Gasteiger partial charge in [-0.25, -0.2) is 4.39 Å². The summed E-state index contributed by atoms with van der Waals surface area (Å²) in [6.07, 6.45) is 1.89. The highest BCUT2D eigenvalue weighted by Gasteiger charge is 2.28. The molecule has 140 valence electrons. The van der Waals surface area contributed by atoms with Gasteiger partial charge in [-0.15, -0.1) is 6.58 Å². The van der Waals surface area contributed by atoms with Crippen molar-refractivity contribution in [3.05, 3.63) is 78.1 Å². The Kier molecular flexibility index (Phi) is 5.86. The molecule has 3 rings (SSSR count). The van der Waals surface area contributed by atoms with Crippen LogP contribution < -0.4 is 4.74 Å². The number of hydrogen-bond donors (Lipinski definition) is 0. The molecule has 27 heavy (non-hydrogen) atoms. The monoisotopic (exact) mass is 368 g/mol. The normalized spacial score (nSPS) is 15.6. The van der Waals surface area contributed by atoms with E-state index in [1.54, 1.807) is 24.2 Å². The van der Waals surface area contributed by atoms with Crippen molar-refractivity contribution in [1.29, 1.82) is 0 Å². The average molecular weight is 368 g/mol. The van der Waals surface area contributed by atoms with E-state index in [0.29, 0.717) is 25.1 Å². The van der Waals surface area contributed by atoms with Crippen LogP contribution in [0, 0.1) is 5.82 Å². The summed E-state index contributed by atoms with van der Waals surface area (Å²) >= 11 is 0. The largest absolute Gasteiger partial charge is 0.496 e. The lowest BCUT2D eigenvalue weighted by atomic mass is 10.0. The molecule has 1 heterocycles. The van der Waals surface area contributed by atoms with Crippen molar-refractivity contribution in [2.24, 2.45) is 5.16 Å². The Bertz CT molecular complexity index is 866. The number of carbonyl (C=O) groups is 1. The fourth-order valence-electron chi connectivity index (χ4n) is 3.01. The summed E-state index contributed by atoms with van der Waals surface area (Å²) in [7, 11) is 1.61. The third-order valence-electron chi connectivity index (χ3n) is 4.28. The zero-order valence-electron chi connectivity index (χ0n) is 15.1. The Labute approximate surface area is 157 Å². The van der Waals surface area contributed by atoms with E-state index in [9.17, 15) is 9.18 Å². The van der Waals surface area contributed by atoms with Gasteiger partial charge in [-0.05, 0) is 30.3 Å². The highest BCUT2D eigenvalue weighted by Crippen LogP contribution is 2.25. The standard InChI is InChI=1S/C21H21FN2O3/c1-3-11-24(21(25)15-7-6-8-16(22)12-15)14-17-13-19(23-27-17)18-9-4-5-10-20(18)26-2/h3-10,12,17H,1,11,13-14H2,2H3/t17-/m1/s1. The lowest BCUT2D eigenvalue weighted by Gasteiger charge is -2.23. The second kappa shape index (κ2) is 8.49. The van der Waals surface area contributed by atoms with Crippen LogP contribution in [-0.4, -0.2) is 42.8 Å². The van der Waals surface area contributed by atoms with E-state index in [2.05, 4.69) is 11.7 Å². The lowest BCUT2D eigenvalue weighted by Crippen LogP contribution is -2.37. The van der Waals surface area contributed by atoms with Crippen LogP contribution in [0.3, 0.4) is 0 Å². The van der Waals surface area contributed by atoms with Crippen molar-refractivity contribution < 1.29 is 18.8 Å². The Morgan fingerprint density at radius 3 is 2.93 bits per heavy atom. The van der Waals surface area contributed by atoms with Crippen molar-refractivity contribution in [1.82, 2.24) is 4.90 Å². The average Bonchev–Trinajstić information content (AvgIpc) is 3.15. The van der Waals surface area contributed by atoms with Gasteiger partial charge in [-0.3, -0.25) is 4.79 Å². The Morgan fingerprint density at radius 2 is 2.19 bits per heavy atom. The molecule has 0 fully saturated rings. The van der Waals surface area contributed by atoms with Gasteiger partial charge in [0.1, 0.15) is 11.6 Å². The van der Waals surface area contributed by atoms with Crippen LogP contribution in [0.25, 0.3) is 0 Å². The SMILES string of the molecule is C=CCN(C[C@H]1CC(c2ccccc2OC)=NO1)C(=O)c1cccc(F)c1. The maximum Gasteiger partial charge on any atom is 0.254 e. The Hall–Kier alpha value is -3.15. The molecule has 0 aromatic heterocycles. The second-order valence-corrected chi connectivity index (χ2v) is 6.18. The predicted molar refractivity (Wildman–Crippen MR) is 102 cm³/mol. The first-order valence-electron chi connectivity index (χ1n) is 8.64. The molecule has 1 aliphatic rings. The number of para-hydroxylation sites is 1. The van der Waals surface area contributed by atoms with Crippen LogP contribution in [0.4, 0.5) is 4.39 Å². The molecule has 6 heteroatoms. The third kappa shape index (κ3) is 4.34. The van der Waals surface area contributed by atoms with E-state index in [4.69, 9.17) is 9.57 Å². The van der Waals surface area contributed by atoms with Crippen molar-refractivity contribution in [3.8, 4) is 5.75 Å². The van der Waals surface area contributed by atoms with Gasteiger partial charge in [0.05, 0.1) is 19.4 Å². The minimum Gasteiger partial charge on any atom is -0.496 e. The van der Waals surface area contributed by atoms with E-state index in [-0.39, 0.29) is 12.0 Å². The molecule has 2 aromatic carbocycles. The van der Waals surface area contributed by atoms with E-state index < -0.39 is 5.82 Å². The number of amides is 1. The van der Waals surface area contributed by atoms with Gasteiger partial charge < -0.3 is 14.5 Å². The number of nitrogens with zero attached hydrogens (tertiary/aromatic N) is 2. The molecular formula is C21H21FN2O3. The third-order valence-corrected chi connectivity index (χ3v) is 4.28. The van der Waals surface area contributed by atoms with Gasteiger partial charge >= 0.3 is 0 Å². The van der Waals surface area contributed by atoms with Gasteiger partial charge in [0.2, 0.25) is 0 Å². The predicted octanol–water partition coefficient (Wildman–Crippen LogP) is 3.66. The summed E-state index contributed by atoms with van der Waals surface area (Å²) in [4.78, 5) is 19.8. The molecule has 1 aliphatic heterocycles. The molecule has 0 saturated carbocycles. The van der Waals surface area contributed by atoms with E-state index in [1.165, 1.54) is 18.2 Å². The zero-order chi connectivity index (χ0) is 19.2. The first kappa shape index (κ1) is 18.6. The van der Waals surface area contributed by atoms with Crippen LogP contribution >= 0.6 is 0 Å². The van der Waals surface area contributed by atoms with Gasteiger partial charge in [-0.1, -0.05) is 29.4 Å². The Morgan fingerprint density at radius 1 is 1.37 bits per heavy atom. The van der Waals surface area contributed by atoms with Crippen LogP contribution in [0.1, 0.15) is 22.3 Å². The smallest absolute Gasteiger partial charge is 0.254 e. The summed E-state index contributed by atoms with van der Waals surface area (Å²) < 4.78 is 18.8. The fourth-order valence-corrected chi connectivity index (χ4v) is 3.01. The van der Waals surface area contributed by atoms with E-state index in [0.717, 1.165) is 17.0 Å². The molecule has 1 atom stereocenters. The number of carbonyl (C=O) groups excluding carboxylic acids is 1. The molecule has 0 aliphatic carbocycles. The van der Waals surface area contributed by atoms with Gasteiger partial charge in [0.15, 0.2) is 6.10 Å². The molecule has 5 nitrogen and oxygen atoms in total. The highest BCUT2D eigenvalue weighted by molar-refractivity contribution is 6.03. The highest BCUT2D eigenvalue weighted by atomic mass is 19.1. The number of hydrogen-bond acceptors (Lipinski definition) is 4. The summed E-state index contributed by atoms with van der Waals surface area (Å²) in [5.41, 5.74) is 1.93. The molecular weight excluding hydrogens is 347 g/mol. The quantitative estimate of drug-likeness (QED) is 0.701. The van der Waals surface area contributed by atoms with Crippen molar-refractivity contribution >= 4 is 11.6 Å². The number of rotatable bonds is 7. The zero-order valence-corrected chi connectivity index (χ0v) is 15.1. The molecule has 0 N–H and O–H groups in total. The number of ether oxygens (including phenoxy) is 1. The van der Waals surface area contributed by atoms with Crippen LogP contribution in [0.15, 0.2) is 66.3 Å². The van der Waals surface area contributed by atoms with Crippen molar-refractivity contribution in [2.45, 2.75) is 12.5 Å². The summed E-state index contributed by atoms with van der Waals surface area (Å²) in [5.74, 6) is 0.00124. The van der Waals surface area contributed by atoms with Crippen molar-refractivity contribution in [2.75, 3.05) is 20.2 Å². The maximum absolute atomic E-state index is 13.4. The fraction of sp³-hybridized carbons (Fsp3) is 0.238. The number of oxime groups is 1. The summed E-state index contributed by atoms with van der Waals surface area (Å²) in [6, 6.07) is 13.2. The molecule has 0 radical (unpaired) electrons. The minimum atomic E-state index is -0.446. The molecule has 0 spiro atoms. The number of halogens is 1. The minimum absolute atomic E-state index is 0.274. The molecule has 0 saturated heterocycles. The van der Waals surface area contributed by atoms with Crippen molar-refractivity contribution in [3.63, 3.8) is 0 Å². The molecule has 0 unspecified atom stereocenters. The number of methoxy groups -OCH3 is 1. The first-order chi connectivity index (χ1) is 13.1. The first-order valence-corrected chi connectivity index (χ1v) is 8.64. The van der Waals surface area contributed by atoms with E-state index >= 15 is 0 Å². The van der Waals surface area contributed by atoms with Crippen LogP contribution in [-0.2, 0) is 4.84 Å². The maximum atomic E-state index is 13.4. The summed E-state index contributed by atoms with van der Waals surface area (Å²) in [6.45, 7) is 4.36. The second-order valence-electron chi connectivity index (χ2n) is 6.18. The lowest BCUT2D eigenvalue weighted by molar-refractivity contribution is 0.0449. The summed E-state index contributed by atoms with van der Waals surface area (Å²) in [5, 5.41) is 4.17. The van der Waals surface area contributed by atoms with Crippen LogP contribution in [0.5, 0.6) is 5.75 Å². The molecule has 1 amide bonds. The van der Waals surface area contributed by atoms with Crippen LogP contribution in [0.2, 0.25) is 0 Å². The number of benzene rings is 2. The molecule has 2 aromatic rings. The topological polar surface area (TPSA) is 51.1 Å². The Balaban J connectivity index is 1.70. The van der Waals surface area contributed by atoms with Gasteiger partial charge in [-0.2, -0.15) is 0 Å². The van der Waals surface area contributed by atoms with E-state index in [1.807, 2.05) is 24.3 Å². The molecule has 0 bridgehead atoms. The van der Waals surface area contributed by atoms with Gasteiger partial charge in [0.25, 0.3) is 5.91 Å².